The minimum Gasteiger partial charge on any atom is -0.508 e. The van der Waals surface area contributed by atoms with Crippen molar-refractivity contribution in [1.29, 1.82) is 0 Å². The van der Waals surface area contributed by atoms with Crippen molar-refractivity contribution in [1.82, 2.24) is 4.98 Å². The van der Waals surface area contributed by atoms with E-state index < -0.39 is 5.91 Å². The Labute approximate surface area is 206 Å². The van der Waals surface area contributed by atoms with Crippen LogP contribution >= 0.6 is 0 Å². The van der Waals surface area contributed by atoms with E-state index in [1.807, 2.05) is 57.2 Å². The zero-order chi connectivity index (χ0) is 25.5. The number of H-pyrrole nitrogens is 1. The Balaban J connectivity index is 1.96. The number of hydrogen-bond acceptors (Lipinski definition) is 3. The van der Waals surface area contributed by atoms with Gasteiger partial charge >= 0.3 is 0 Å². The van der Waals surface area contributed by atoms with Crippen molar-refractivity contribution in [3.05, 3.63) is 76.4 Å². The van der Waals surface area contributed by atoms with Gasteiger partial charge in [-0.3, -0.25) is 4.79 Å². The lowest BCUT2D eigenvalue weighted by Gasteiger charge is -2.18. The number of amides is 1. The van der Waals surface area contributed by atoms with Crippen molar-refractivity contribution in [2.45, 2.75) is 53.9 Å². The summed E-state index contributed by atoms with van der Waals surface area (Å²) < 4.78 is 0. The van der Waals surface area contributed by atoms with Gasteiger partial charge in [0.15, 0.2) is 0 Å². The Hall–Kier alpha value is -3.73. The summed E-state index contributed by atoms with van der Waals surface area (Å²) in [6, 6.07) is 11.6. The zero-order valence-corrected chi connectivity index (χ0v) is 21.3. The number of para-hydroxylation sites is 1. The minimum atomic E-state index is -0.511. The molecule has 1 heterocycles. The topological polar surface area (TPSA) is 91.1 Å². The molecule has 0 bridgehead atoms. The maximum atomic E-state index is 12.8. The van der Waals surface area contributed by atoms with E-state index in [0.717, 1.165) is 69.0 Å². The van der Waals surface area contributed by atoms with Crippen LogP contribution < -0.4 is 21.6 Å². The van der Waals surface area contributed by atoms with Crippen LogP contribution in [0.1, 0.15) is 58.1 Å². The van der Waals surface area contributed by atoms with Gasteiger partial charge in [0.1, 0.15) is 5.75 Å². The lowest BCUT2D eigenvalue weighted by Crippen LogP contribution is -2.32. The number of rotatable bonds is 7. The summed E-state index contributed by atoms with van der Waals surface area (Å²) in [5, 5.41) is 16.4. The van der Waals surface area contributed by atoms with E-state index >= 15 is 0 Å². The summed E-state index contributed by atoms with van der Waals surface area (Å²) in [5.74, 6) is -0.284. The van der Waals surface area contributed by atoms with Crippen LogP contribution in [0.3, 0.4) is 0 Å². The van der Waals surface area contributed by atoms with Crippen LogP contribution in [0.15, 0.2) is 54.8 Å². The molecule has 5 heteroatoms. The Morgan fingerprint density at radius 1 is 1.23 bits per heavy atom. The number of carbonyl (C=O) groups excluding carboxylic acids is 1. The van der Waals surface area contributed by atoms with Gasteiger partial charge in [0.25, 0.3) is 5.91 Å². The van der Waals surface area contributed by atoms with Crippen molar-refractivity contribution < 1.29 is 9.90 Å². The van der Waals surface area contributed by atoms with Gasteiger partial charge in [0, 0.05) is 44.0 Å². The van der Waals surface area contributed by atoms with Gasteiger partial charge in [-0.25, -0.2) is 0 Å². The fourth-order valence-electron chi connectivity index (χ4n) is 4.55. The van der Waals surface area contributed by atoms with E-state index in [9.17, 15) is 9.90 Å². The molecule has 2 aromatic carbocycles. The van der Waals surface area contributed by atoms with Gasteiger partial charge < -0.3 is 21.1 Å². The number of phenolic OH excluding ortho intramolecular Hbond substituents is 1. The summed E-state index contributed by atoms with van der Waals surface area (Å²) in [7, 11) is 0. The highest BCUT2D eigenvalue weighted by atomic mass is 16.3. The molecule has 0 radical (unpaired) electrons. The SMILES string of the molecule is C=C(Nc1ccccc1/C(C)=C/C(C(N)=O)=c1/[nH]c2ccc(O)c(C)c2/c1=C(/C)CC)C1(C)CC1. The van der Waals surface area contributed by atoms with Crippen molar-refractivity contribution in [3.63, 3.8) is 0 Å². The van der Waals surface area contributed by atoms with Crippen molar-refractivity contribution in [2.75, 3.05) is 5.32 Å². The van der Waals surface area contributed by atoms with Gasteiger partial charge in [0.2, 0.25) is 0 Å². The largest absolute Gasteiger partial charge is 0.508 e. The van der Waals surface area contributed by atoms with Crippen molar-refractivity contribution in [3.8, 4) is 5.75 Å². The highest BCUT2D eigenvalue weighted by molar-refractivity contribution is 6.18. The van der Waals surface area contributed by atoms with Gasteiger partial charge in [0.05, 0.1) is 10.9 Å². The second-order valence-corrected chi connectivity index (χ2v) is 9.96. The van der Waals surface area contributed by atoms with E-state index in [1.165, 1.54) is 0 Å². The quantitative estimate of drug-likeness (QED) is 0.382. The highest BCUT2D eigenvalue weighted by Crippen LogP contribution is 2.50. The number of nitrogens with one attached hydrogen (secondary N) is 2. The van der Waals surface area contributed by atoms with Crippen LogP contribution in [0.25, 0.3) is 27.6 Å². The third-order valence-electron chi connectivity index (χ3n) is 7.41. The molecule has 1 amide bonds. The molecule has 1 aliphatic rings. The first-order valence-electron chi connectivity index (χ1n) is 12.2. The number of nitrogens with two attached hydrogens (primary N) is 1. The third-order valence-corrected chi connectivity index (χ3v) is 7.41. The molecular formula is C30H35N3O2. The molecule has 0 aliphatic heterocycles. The Bertz CT molecular complexity index is 1500. The zero-order valence-electron chi connectivity index (χ0n) is 21.3. The van der Waals surface area contributed by atoms with E-state index in [4.69, 9.17) is 5.73 Å². The Morgan fingerprint density at radius 2 is 1.91 bits per heavy atom. The molecule has 1 saturated carbocycles. The number of anilines is 1. The van der Waals surface area contributed by atoms with E-state index in [-0.39, 0.29) is 11.2 Å². The first-order chi connectivity index (χ1) is 16.6. The standard InChI is InChI=1S/C30H35N3O2/c1-7-17(2)26-27-19(4)25(34)13-12-24(27)33-28(26)22(29(31)35)16-18(3)21-10-8-9-11-23(21)32-20(5)30(6)14-15-30/h8-13,16,32-34H,5,7,14-15H2,1-4,6H3,(H2,31,35)/b18-16+,26-17+,28-22-. The molecule has 5 nitrogen and oxygen atoms in total. The van der Waals surface area contributed by atoms with E-state index in [2.05, 4.69) is 30.7 Å². The molecule has 0 atom stereocenters. The second-order valence-electron chi connectivity index (χ2n) is 9.96. The van der Waals surface area contributed by atoms with Crippen LogP contribution in [0.5, 0.6) is 5.75 Å². The summed E-state index contributed by atoms with van der Waals surface area (Å²) in [5.41, 5.74) is 13.1. The molecule has 5 N–H and O–H groups in total. The first kappa shape index (κ1) is 24.4. The fraction of sp³-hybridized carbons (Fsp3) is 0.300. The fourth-order valence-corrected chi connectivity index (χ4v) is 4.55. The van der Waals surface area contributed by atoms with E-state index in [1.54, 1.807) is 6.07 Å². The predicted octanol–water partition coefficient (Wildman–Crippen LogP) is 5.23. The summed E-state index contributed by atoms with van der Waals surface area (Å²) >= 11 is 0. The number of allylic oxidation sites excluding steroid dienone is 2. The first-order valence-corrected chi connectivity index (χ1v) is 12.2. The molecule has 0 spiro atoms. The molecule has 4 rings (SSSR count). The van der Waals surface area contributed by atoms with Crippen LogP contribution in [0, 0.1) is 12.3 Å². The molecule has 1 aromatic heterocycles. The lowest BCUT2D eigenvalue weighted by molar-refractivity contribution is -0.112. The van der Waals surface area contributed by atoms with Crippen LogP contribution in [0.4, 0.5) is 5.69 Å². The van der Waals surface area contributed by atoms with Crippen LogP contribution in [-0.4, -0.2) is 16.0 Å². The normalized spacial score (nSPS) is 16.7. The molecule has 1 aliphatic carbocycles. The van der Waals surface area contributed by atoms with Gasteiger partial charge in [-0.05, 0) is 69.9 Å². The lowest BCUT2D eigenvalue weighted by atomic mass is 9.99. The number of benzene rings is 2. The Morgan fingerprint density at radius 3 is 2.54 bits per heavy atom. The summed E-state index contributed by atoms with van der Waals surface area (Å²) in [6.45, 7) is 14.5. The molecule has 0 saturated heterocycles. The third kappa shape index (κ3) is 4.51. The van der Waals surface area contributed by atoms with Crippen LogP contribution in [-0.2, 0) is 4.79 Å². The average molecular weight is 470 g/mol. The molecular weight excluding hydrogens is 434 g/mol. The summed E-state index contributed by atoms with van der Waals surface area (Å²) in [4.78, 5) is 16.2. The number of aryl methyl sites for hydroxylation is 1. The van der Waals surface area contributed by atoms with Gasteiger partial charge in [-0.15, -0.1) is 0 Å². The number of aromatic nitrogens is 1. The number of aromatic amines is 1. The molecule has 0 unspecified atom stereocenters. The minimum absolute atomic E-state index is 0.144. The average Bonchev–Trinajstić information content (AvgIpc) is 3.47. The number of phenols is 1. The van der Waals surface area contributed by atoms with Crippen molar-refractivity contribution in [2.24, 2.45) is 11.1 Å². The summed E-state index contributed by atoms with van der Waals surface area (Å²) in [6.07, 6.45) is 4.94. The number of fused-ring (bicyclic) bond motifs is 1. The number of hydrogen-bond donors (Lipinski definition) is 4. The number of primary amides is 1. The molecule has 1 fully saturated rings. The molecule has 35 heavy (non-hydrogen) atoms. The number of aromatic hydroxyl groups is 1. The van der Waals surface area contributed by atoms with Gasteiger partial charge in [-0.1, -0.05) is 44.2 Å². The van der Waals surface area contributed by atoms with Crippen molar-refractivity contribution >= 4 is 39.2 Å². The van der Waals surface area contributed by atoms with E-state index in [0.29, 0.717) is 10.9 Å². The maximum absolute atomic E-state index is 12.8. The Kier molecular flexibility index (Phi) is 6.37. The monoisotopic (exact) mass is 469 g/mol. The second kappa shape index (κ2) is 9.14. The van der Waals surface area contributed by atoms with Crippen LogP contribution in [0.2, 0.25) is 0 Å². The maximum Gasteiger partial charge on any atom is 0.250 e. The smallest absolute Gasteiger partial charge is 0.250 e. The highest BCUT2D eigenvalue weighted by Gasteiger charge is 2.40. The molecule has 3 aromatic rings. The van der Waals surface area contributed by atoms with Gasteiger partial charge in [-0.2, -0.15) is 0 Å². The number of carbonyl (C=O) groups is 1. The molecule has 182 valence electrons. The predicted molar refractivity (Wildman–Crippen MR) is 146 cm³/mol.